The van der Waals surface area contributed by atoms with Crippen molar-refractivity contribution in [1.29, 1.82) is 0 Å². The first-order valence-electron chi connectivity index (χ1n) is 8.26. The van der Waals surface area contributed by atoms with Gasteiger partial charge in [-0.3, -0.25) is 10.1 Å². The number of aromatic nitrogens is 5. The molecule has 0 radical (unpaired) electrons. The van der Waals surface area contributed by atoms with Gasteiger partial charge >= 0.3 is 0 Å². The first-order chi connectivity index (χ1) is 12.9. The number of hydrogen-bond acceptors (Lipinski definition) is 8. The smallest absolute Gasteiger partial charge is 0.236 e. The first kappa shape index (κ1) is 19.3. The first-order valence-corrected chi connectivity index (χ1v) is 10.1. The van der Waals surface area contributed by atoms with E-state index in [9.17, 15) is 4.79 Å². The van der Waals surface area contributed by atoms with E-state index in [1.807, 2.05) is 44.5 Å². The summed E-state index contributed by atoms with van der Waals surface area (Å²) in [4.78, 5) is 12.0. The Morgan fingerprint density at radius 3 is 2.85 bits per heavy atom. The molecule has 10 heteroatoms. The second kappa shape index (κ2) is 8.49. The third-order valence-corrected chi connectivity index (χ3v) is 5.43. The monoisotopic (exact) mass is 404 g/mol. The van der Waals surface area contributed by atoms with Crippen LogP contribution in [0, 0.1) is 13.8 Å². The zero-order valence-electron chi connectivity index (χ0n) is 15.5. The number of anilines is 1. The number of rotatable bonds is 7. The standard InChI is InChI=1S/C17H20N6O2S2/c1-10-5-6-13(11(2)7-10)25-12(3)15-20-22-17(23(15)4)26-8-14(24)19-16-21-18-9-27-16/h5-7,9,12H,8H2,1-4H3,(H,19,21,24). The van der Waals surface area contributed by atoms with Gasteiger partial charge in [-0.2, -0.15) is 0 Å². The quantitative estimate of drug-likeness (QED) is 0.604. The molecule has 0 aliphatic rings. The summed E-state index contributed by atoms with van der Waals surface area (Å²) in [6, 6.07) is 6.06. The van der Waals surface area contributed by atoms with Crippen LogP contribution in [0.3, 0.4) is 0 Å². The lowest BCUT2D eigenvalue weighted by atomic mass is 10.1. The molecule has 3 aromatic rings. The second-order valence-electron chi connectivity index (χ2n) is 6.01. The van der Waals surface area contributed by atoms with Crippen LogP contribution in [0.2, 0.25) is 0 Å². The summed E-state index contributed by atoms with van der Waals surface area (Å²) >= 11 is 2.58. The number of nitrogens with one attached hydrogen (secondary N) is 1. The van der Waals surface area contributed by atoms with Crippen LogP contribution in [0.15, 0.2) is 28.9 Å². The van der Waals surface area contributed by atoms with Crippen molar-refractivity contribution >= 4 is 34.1 Å². The molecule has 1 unspecified atom stereocenters. The van der Waals surface area contributed by atoms with Crippen molar-refractivity contribution in [3.63, 3.8) is 0 Å². The van der Waals surface area contributed by atoms with Crippen molar-refractivity contribution in [2.45, 2.75) is 32.0 Å². The van der Waals surface area contributed by atoms with Gasteiger partial charge < -0.3 is 9.30 Å². The predicted molar refractivity (Wildman–Crippen MR) is 105 cm³/mol. The summed E-state index contributed by atoms with van der Waals surface area (Å²) in [6.45, 7) is 6.00. The van der Waals surface area contributed by atoms with Gasteiger partial charge in [-0.15, -0.1) is 20.4 Å². The number of benzene rings is 1. The van der Waals surface area contributed by atoms with Crippen LogP contribution in [0.5, 0.6) is 5.75 Å². The van der Waals surface area contributed by atoms with E-state index in [2.05, 4.69) is 31.8 Å². The molecule has 1 N–H and O–H groups in total. The summed E-state index contributed by atoms with van der Waals surface area (Å²) in [5.41, 5.74) is 3.83. The molecule has 3 rings (SSSR count). The van der Waals surface area contributed by atoms with Gasteiger partial charge in [0.25, 0.3) is 0 Å². The van der Waals surface area contributed by atoms with Crippen molar-refractivity contribution < 1.29 is 9.53 Å². The Kier molecular flexibility index (Phi) is 6.07. The Morgan fingerprint density at radius 2 is 2.15 bits per heavy atom. The van der Waals surface area contributed by atoms with Crippen LogP contribution in [0.1, 0.15) is 30.0 Å². The van der Waals surface area contributed by atoms with E-state index in [-0.39, 0.29) is 17.8 Å². The molecule has 0 fully saturated rings. The molecule has 1 atom stereocenters. The highest BCUT2D eigenvalue weighted by molar-refractivity contribution is 7.99. The van der Waals surface area contributed by atoms with Gasteiger partial charge in [0.1, 0.15) is 11.3 Å². The molecule has 0 saturated carbocycles. The Morgan fingerprint density at radius 1 is 1.33 bits per heavy atom. The number of carbonyl (C=O) groups excluding carboxylic acids is 1. The zero-order chi connectivity index (χ0) is 19.4. The van der Waals surface area contributed by atoms with Gasteiger partial charge in [-0.05, 0) is 32.4 Å². The molecule has 0 spiro atoms. The molecule has 0 aliphatic carbocycles. The van der Waals surface area contributed by atoms with Gasteiger partial charge in [0, 0.05) is 7.05 Å². The summed E-state index contributed by atoms with van der Waals surface area (Å²) in [7, 11) is 1.86. The Labute approximate surface area is 165 Å². The number of ether oxygens (including phenoxy) is 1. The topological polar surface area (TPSA) is 94.8 Å². The van der Waals surface area contributed by atoms with Gasteiger partial charge in [-0.25, -0.2) is 0 Å². The molecule has 1 aromatic carbocycles. The van der Waals surface area contributed by atoms with Gasteiger partial charge in [-0.1, -0.05) is 40.8 Å². The van der Waals surface area contributed by atoms with E-state index in [4.69, 9.17) is 4.74 Å². The van der Waals surface area contributed by atoms with Gasteiger partial charge in [0.2, 0.25) is 11.0 Å². The molecule has 142 valence electrons. The number of aryl methyl sites for hydroxylation is 2. The molecule has 0 bridgehead atoms. The van der Waals surface area contributed by atoms with E-state index < -0.39 is 0 Å². The van der Waals surface area contributed by atoms with Gasteiger partial charge in [0.05, 0.1) is 5.75 Å². The summed E-state index contributed by atoms with van der Waals surface area (Å²) < 4.78 is 7.89. The molecular weight excluding hydrogens is 384 g/mol. The number of nitrogens with zero attached hydrogens (tertiary/aromatic N) is 5. The highest BCUT2D eigenvalue weighted by atomic mass is 32.2. The third kappa shape index (κ3) is 4.83. The van der Waals surface area contributed by atoms with Crippen molar-refractivity contribution in [2.24, 2.45) is 7.05 Å². The largest absolute Gasteiger partial charge is 0.482 e. The summed E-state index contributed by atoms with van der Waals surface area (Å²) in [5.74, 6) is 1.56. The Bertz CT molecular complexity index is 926. The molecule has 2 aromatic heterocycles. The fraction of sp³-hybridized carbons (Fsp3) is 0.353. The van der Waals surface area contributed by atoms with Crippen molar-refractivity contribution in [1.82, 2.24) is 25.0 Å². The molecule has 0 aliphatic heterocycles. The van der Waals surface area contributed by atoms with Crippen molar-refractivity contribution in [3.05, 3.63) is 40.7 Å². The molecule has 1 amide bonds. The predicted octanol–water partition coefficient (Wildman–Crippen LogP) is 3.15. The normalized spacial score (nSPS) is 12.0. The van der Waals surface area contributed by atoms with Crippen LogP contribution in [0.4, 0.5) is 5.13 Å². The lowest BCUT2D eigenvalue weighted by Gasteiger charge is -2.16. The maximum absolute atomic E-state index is 12.0. The highest BCUT2D eigenvalue weighted by Gasteiger charge is 2.19. The number of carbonyl (C=O) groups is 1. The van der Waals surface area contributed by atoms with Crippen LogP contribution in [0.25, 0.3) is 0 Å². The minimum atomic E-state index is -0.270. The average molecular weight is 405 g/mol. The molecule has 2 heterocycles. The zero-order valence-corrected chi connectivity index (χ0v) is 17.1. The second-order valence-corrected chi connectivity index (χ2v) is 7.79. The maximum atomic E-state index is 12.0. The average Bonchev–Trinajstić information content (AvgIpc) is 3.25. The number of amides is 1. The lowest BCUT2D eigenvalue weighted by Crippen LogP contribution is -2.14. The van der Waals surface area contributed by atoms with Crippen LogP contribution >= 0.6 is 23.1 Å². The SMILES string of the molecule is Cc1ccc(OC(C)c2nnc(SCC(=O)Nc3nncs3)n2C)c(C)c1. The van der Waals surface area contributed by atoms with Crippen LogP contribution in [-0.2, 0) is 11.8 Å². The van der Waals surface area contributed by atoms with E-state index in [0.29, 0.717) is 16.1 Å². The summed E-state index contributed by atoms with van der Waals surface area (Å²) in [6.07, 6.45) is -0.270. The Hall–Kier alpha value is -2.46. The fourth-order valence-electron chi connectivity index (χ4n) is 2.49. The molecule has 0 saturated heterocycles. The molecular formula is C17H20N6O2S2. The fourth-order valence-corrected chi connectivity index (χ4v) is 3.67. The van der Waals surface area contributed by atoms with Crippen LogP contribution in [-0.4, -0.2) is 36.6 Å². The van der Waals surface area contributed by atoms with E-state index in [0.717, 1.165) is 11.3 Å². The van der Waals surface area contributed by atoms with E-state index >= 15 is 0 Å². The Balaban J connectivity index is 1.61. The van der Waals surface area contributed by atoms with Gasteiger partial charge in [0.15, 0.2) is 17.1 Å². The molecule has 8 nitrogen and oxygen atoms in total. The minimum absolute atomic E-state index is 0.166. The van der Waals surface area contributed by atoms with Crippen LogP contribution < -0.4 is 10.1 Å². The number of hydrogen-bond donors (Lipinski definition) is 1. The summed E-state index contributed by atoms with van der Waals surface area (Å²) in [5, 5.41) is 19.7. The minimum Gasteiger partial charge on any atom is -0.482 e. The molecule has 27 heavy (non-hydrogen) atoms. The van der Waals surface area contributed by atoms with Crippen molar-refractivity contribution in [3.8, 4) is 5.75 Å². The highest BCUT2D eigenvalue weighted by Crippen LogP contribution is 2.26. The third-order valence-electron chi connectivity index (χ3n) is 3.81. The number of thioether (sulfide) groups is 1. The van der Waals surface area contributed by atoms with E-state index in [1.54, 1.807) is 5.51 Å². The maximum Gasteiger partial charge on any atom is 0.236 e. The lowest BCUT2D eigenvalue weighted by molar-refractivity contribution is -0.113. The van der Waals surface area contributed by atoms with E-state index in [1.165, 1.54) is 28.7 Å². The van der Waals surface area contributed by atoms with Crippen molar-refractivity contribution in [2.75, 3.05) is 11.1 Å².